The van der Waals surface area contributed by atoms with Crippen molar-refractivity contribution in [2.45, 2.75) is 33.2 Å². The Morgan fingerprint density at radius 2 is 2.17 bits per heavy atom. The number of halogens is 1. The smallest absolute Gasteiger partial charge is 0.0314 e. The molecular formula is C14H23BrN2S. The van der Waals surface area contributed by atoms with Crippen molar-refractivity contribution in [2.75, 3.05) is 26.2 Å². The van der Waals surface area contributed by atoms with E-state index >= 15 is 0 Å². The molecule has 0 saturated carbocycles. The van der Waals surface area contributed by atoms with Gasteiger partial charge in [-0.15, -0.1) is 11.3 Å². The number of hydrogen-bond donors (Lipinski definition) is 1. The van der Waals surface area contributed by atoms with Gasteiger partial charge >= 0.3 is 0 Å². The Morgan fingerprint density at radius 3 is 2.78 bits per heavy atom. The lowest BCUT2D eigenvalue weighted by Gasteiger charge is -2.30. The van der Waals surface area contributed by atoms with Gasteiger partial charge in [0.1, 0.15) is 0 Å². The molecule has 1 aliphatic heterocycles. The number of hydrogen-bond acceptors (Lipinski definition) is 3. The minimum Gasteiger partial charge on any atom is -0.311 e. The summed E-state index contributed by atoms with van der Waals surface area (Å²) in [6, 6.07) is 2.23. The third-order valence-electron chi connectivity index (χ3n) is 3.69. The highest BCUT2D eigenvalue weighted by atomic mass is 79.9. The zero-order valence-electron chi connectivity index (χ0n) is 11.3. The molecule has 18 heavy (non-hydrogen) atoms. The van der Waals surface area contributed by atoms with E-state index in [1.165, 1.54) is 46.7 Å². The van der Waals surface area contributed by atoms with Crippen molar-refractivity contribution >= 4 is 27.3 Å². The molecule has 0 spiro atoms. The van der Waals surface area contributed by atoms with Crippen LogP contribution in [0, 0.1) is 12.8 Å². The highest BCUT2D eigenvalue weighted by Gasteiger charge is 2.14. The molecule has 1 N–H and O–H groups in total. The van der Waals surface area contributed by atoms with Crippen LogP contribution in [-0.2, 0) is 6.54 Å². The number of piperidine rings is 1. The Morgan fingerprint density at radius 1 is 1.44 bits per heavy atom. The number of nitrogens with one attached hydrogen (secondary N) is 1. The topological polar surface area (TPSA) is 15.3 Å². The van der Waals surface area contributed by atoms with E-state index in [0.717, 1.165) is 19.0 Å². The van der Waals surface area contributed by atoms with Crippen molar-refractivity contribution in [3.63, 3.8) is 0 Å². The van der Waals surface area contributed by atoms with Crippen LogP contribution in [0.4, 0.5) is 0 Å². The van der Waals surface area contributed by atoms with Gasteiger partial charge in [-0.05, 0) is 60.8 Å². The summed E-state index contributed by atoms with van der Waals surface area (Å²) >= 11 is 5.45. The van der Waals surface area contributed by atoms with E-state index in [1.54, 1.807) is 0 Å². The number of nitrogens with zero attached hydrogens (tertiary/aromatic N) is 1. The standard InChI is InChI=1S/C14H23BrN2S/c1-11-3-6-17(7-4-11)8-5-16-10-13-9-14(15)12(2)18-13/h9,11,16H,3-8,10H2,1-2H3. The maximum Gasteiger partial charge on any atom is 0.0314 e. The van der Waals surface area contributed by atoms with Crippen LogP contribution in [-0.4, -0.2) is 31.1 Å². The molecule has 2 nitrogen and oxygen atoms in total. The van der Waals surface area contributed by atoms with E-state index in [0.29, 0.717) is 0 Å². The first kappa shape index (κ1) is 14.5. The Balaban J connectivity index is 1.61. The average Bonchev–Trinajstić information content (AvgIpc) is 2.67. The molecule has 0 aromatic carbocycles. The molecule has 4 heteroatoms. The second-order valence-corrected chi connectivity index (χ2v) is 7.51. The summed E-state index contributed by atoms with van der Waals surface area (Å²) in [5, 5.41) is 3.55. The molecule has 2 rings (SSSR count). The summed E-state index contributed by atoms with van der Waals surface area (Å²) in [5.74, 6) is 0.931. The van der Waals surface area contributed by atoms with Crippen molar-refractivity contribution in [1.29, 1.82) is 0 Å². The maximum absolute atomic E-state index is 3.57. The summed E-state index contributed by atoms with van der Waals surface area (Å²) in [5.41, 5.74) is 0. The SMILES string of the molecule is Cc1sc(CNCCN2CCC(C)CC2)cc1Br. The van der Waals surface area contributed by atoms with Gasteiger partial charge in [-0.25, -0.2) is 0 Å². The first-order chi connectivity index (χ1) is 8.65. The fraction of sp³-hybridized carbons (Fsp3) is 0.714. The summed E-state index contributed by atoms with van der Waals surface area (Å²) in [6.07, 6.45) is 2.74. The number of likely N-dealkylation sites (tertiary alicyclic amines) is 1. The minimum atomic E-state index is 0.931. The molecule has 0 unspecified atom stereocenters. The molecule has 0 aliphatic carbocycles. The predicted molar refractivity (Wildman–Crippen MR) is 83.3 cm³/mol. The number of aryl methyl sites for hydroxylation is 1. The van der Waals surface area contributed by atoms with Gasteiger partial charge in [-0.1, -0.05) is 6.92 Å². The van der Waals surface area contributed by atoms with E-state index in [2.05, 4.69) is 46.1 Å². The molecule has 0 atom stereocenters. The van der Waals surface area contributed by atoms with Crippen LogP contribution in [0.15, 0.2) is 10.5 Å². The highest BCUT2D eigenvalue weighted by molar-refractivity contribution is 9.10. The molecule has 0 amide bonds. The Bertz CT molecular complexity index is 350. The van der Waals surface area contributed by atoms with Crippen LogP contribution in [0.25, 0.3) is 0 Å². The quantitative estimate of drug-likeness (QED) is 0.829. The lowest BCUT2D eigenvalue weighted by atomic mass is 9.99. The number of thiophene rings is 1. The van der Waals surface area contributed by atoms with Crippen LogP contribution in [0.3, 0.4) is 0 Å². The van der Waals surface area contributed by atoms with Crippen molar-refractivity contribution in [3.8, 4) is 0 Å². The molecule has 0 radical (unpaired) electrons. The summed E-state index contributed by atoms with van der Waals surface area (Å²) in [4.78, 5) is 5.38. The van der Waals surface area contributed by atoms with Crippen LogP contribution in [0.2, 0.25) is 0 Å². The van der Waals surface area contributed by atoms with Gasteiger partial charge in [-0.2, -0.15) is 0 Å². The zero-order valence-corrected chi connectivity index (χ0v) is 13.7. The van der Waals surface area contributed by atoms with E-state index in [1.807, 2.05) is 11.3 Å². The normalized spacial score (nSPS) is 18.4. The van der Waals surface area contributed by atoms with Gasteiger partial charge < -0.3 is 10.2 Å². The second-order valence-electron chi connectivity index (χ2n) is 5.32. The van der Waals surface area contributed by atoms with Crippen LogP contribution < -0.4 is 5.32 Å². The van der Waals surface area contributed by atoms with Gasteiger partial charge in [0, 0.05) is 33.9 Å². The highest BCUT2D eigenvalue weighted by Crippen LogP contribution is 2.26. The van der Waals surface area contributed by atoms with Crippen molar-refractivity contribution in [3.05, 3.63) is 20.3 Å². The van der Waals surface area contributed by atoms with Crippen molar-refractivity contribution < 1.29 is 0 Å². The molecule has 1 aromatic heterocycles. The van der Waals surface area contributed by atoms with Gasteiger partial charge in [0.2, 0.25) is 0 Å². The van der Waals surface area contributed by atoms with E-state index in [9.17, 15) is 0 Å². The predicted octanol–water partition coefficient (Wildman–Crippen LogP) is 3.64. The Kier molecular flexibility index (Phi) is 5.67. The fourth-order valence-electron chi connectivity index (χ4n) is 2.34. The summed E-state index contributed by atoms with van der Waals surface area (Å²) < 4.78 is 1.24. The number of rotatable bonds is 5. The Labute approximate surface area is 123 Å². The fourth-order valence-corrected chi connectivity index (χ4v) is 3.91. The molecule has 2 heterocycles. The summed E-state index contributed by atoms with van der Waals surface area (Å²) in [7, 11) is 0. The lowest BCUT2D eigenvalue weighted by molar-refractivity contribution is 0.193. The zero-order chi connectivity index (χ0) is 13.0. The van der Waals surface area contributed by atoms with Crippen LogP contribution in [0.5, 0.6) is 0 Å². The lowest BCUT2D eigenvalue weighted by Crippen LogP contribution is -2.37. The molecule has 1 fully saturated rings. The van der Waals surface area contributed by atoms with Gasteiger partial charge in [0.15, 0.2) is 0 Å². The minimum absolute atomic E-state index is 0.931. The Hall–Kier alpha value is 0.100. The second kappa shape index (κ2) is 7.04. The van der Waals surface area contributed by atoms with Crippen LogP contribution >= 0.6 is 27.3 Å². The van der Waals surface area contributed by atoms with Gasteiger partial charge in [0.25, 0.3) is 0 Å². The van der Waals surface area contributed by atoms with Crippen LogP contribution in [0.1, 0.15) is 29.5 Å². The van der Waals surface area contributed by atoms with E-state index in [4.69, 9.17) is 0 Å². The van der Waals surface area contributed by atoms with Gasteiger partial charge in [-0.3, -0.25) is 0 Å². The summed E-state index contributed by atoms with van der Waals surface area (Å²) in [6.45, 7) is 10.4. The molecule has 1 saturated heterocycles. The van der Waals surface area contributed by atoms with E-state index < -0.39 is 0 Å². The van der Waals surface area contributed by atoms with Crippen molar-refractivity contribution in [2.24, 2.45) is 5.92 Å². The largest absolute Gasteiger partial charge is 0.311 e. The molecule has 102 valence electrons. The third kappa shape index (κ3) is 4.34. The molecule has 0 bridgehead atoms. The maximum atomic E-state index is 3.57. The monoisotopic (exact) mass is 330 g/mol. The van der Waals surface area contributed by atoms with E-state index in [-0.39, 0.29) is 0 Å². The third-order valence-corrected chi connectivity index (χ3v) is 5.83. The molecular weight excluding hydrogens is 308 g/mol. The van der Waals surface area contributed by atoms with Gasteiger partial charge in [0.05, 0.1) is 0 Å². The molecule has 1 aliphatic rings. The van der Waals surface area contributed by atoms with Crippen molar-refractivity contribution in [1.82, 2.24) is 10.2 Å². The first-order valence-electron chi connectivity index (χ1n) is 6.83. The molecule has 1 aromatic rings. The first-order valence-corrected chi connectivity index (χ1v) is 8.44. The average molecular weight is 331 g/mol.